The summed E-state index contributed by atoms with van der Waals surface area (Å²) in [5.41, 5.74) is -0.354. The quantitative estimate of drug-likeness (QED) is 0.423. The molecule has 2 rings (SSSR count). The largest absolute Gasteiger partial charge is 0.394 e. The fourth-order valence-electron chi connectivity index (χ4n) is 2.43. The monoisotopic (exact) mass is 336 g/mol. The van der Waals surface area contributed by atoms with E-state index in [1.54, 1.807) is 0 Å². The second kappa shape index (κ2) is 6.87. The second-order valence-electron chi connectivity index (χ2n) is 5.30. The SMILES string of the molecule is CN(CC(O)CO)C(=O)c1cc2c(cc1C=O)C(=O)N(CO)C2=O. The minimum absolute atomic E-state index is 0.0641. The molecule has 1 atom stereocenters. The average Bonchev–Trinajstić information content (AvgIpc) is 2.82. The van der Waals surface area contributed by atoms with Gasteiger partial charge in [0.2, 0.25) is 0 Å². The van der Waals surface area contributed by atoms with Gasteiger partial charge in [-0.05, 0) is 12.1 Å². The average molecular weight is 336 g/mol. The van der Waals surface area contributed by atoms with Crippen LogP contribution in [0.15, 0.2) is 12.1 Å². The molecular formula is C15H16N2O7. The van der Waals surface area contributed by atoms with Crippen LogP contribution in [0.1, 0.15) is 41.4 Å². The van der Waals surface area contributed by atoms with Crippen molar-refractivity contribution in [1.29, 1.82) is 0 Å². The lowest BCUT2D eigenvalue weighted by atomic mass is 9.99. The third kappa shape index (κ3) is 2.92. The number of aldehydes is 1. The molecule has 24 heavy (non-hydrogen) atoms. The van der Waals surface area contributed by atoms with E-state index in [1.807, 2.05) is 0 Å². The zero-order valence-electron chi connectivity index (χ0n) is 12.8. The lowest BCUT2D eigenvalue weighted by Gasteiger charge is -2.20. The highest BCUT2D eigenvalue weighted by atomic mass is 16.3. The van der Waals surface area contributed by atoms with Crippen LogP contribution < -0.4 is 0 Å². The number of likely N-dealkylation sites (N-methyl/N-ethyl adjacent to an activating group) is 1. The van der Waals surface area contributed by atoms with Gasteiger partial charge in [-0.25, -0.2) is 0 Å². The first kappa shape index (κ1) is 17.7. The maximum absolute atomic E-state index is 12.4. The van der Waals surface area contributed by atoms with Crippen LogP contribution >= 0.6 is 0 Å². The number of aliphatic hydroxyl groups excluding tert-OH is 3. The molecule has 0 bridgehead atoms. The molecule has 0 spiro atoms. The molecule has 1 aliphatic heterocycles. The Hall–Kier alpha value is -2.62. The molecule has 9 heteroatoms. The van der Waals surface area contributed by atoms with Crippen molar-refractivity contribution >= 4 is 24.0 Å². The predicted octanol–water partition coefficient (Wildman–Crippen LogP) is -1.53. The van der Waals surface area contributed by atoms with Crippen LogP contribution in [0.3, 0.4) is 0 Å². The van der Waals surface area contributed by atoms with Crippen molar-refractivity contribution in [2.24, 2.45) is 0 Å². The van der Waals surface area contributed by atoms with Gasteiger partial charge in [0.25, 0.3) is 17.7 Å². The molecule has 0 radical (unpaired) electrons. The van der Waals surface area contributed by atoms with Crippen LogP contribution in [-0.2, 0) is 0 Å². The van der Waals surface area contributed by atoms with Crippen molar-refractivity contribution in [2.75, 3.05) is 26.9 Å². The number of fused-ring (bicyclic) bond motifs is 1. The maximum atomic E-state index is 12.4. The third-order valence-corrected chi connectivity index (χ3v) is 3.68. The van der Waals surface area contributed by atoms with Gasteiger partial charge in [0.1, 0.15) is 6.73 Å². The number of imide groups is 1. The van der Waals surface area contributed by atoms with Crippen LogP contribution in [0.2, 0.25) is 0 Å². The highest BCUT2D eigenvalue weighted by Crippen LogP contribution is 2.26. The zero-order valence-corrected chi connectivity index (χ0v) is 12.8. The van der Waals surface area contributed by atoms with Crippen molar-refractivity contribution in [1.82, 2.24) is 9.80 Å². The van der Waals surface area contributed by atoms with Crippen molar-refractivity contribution in [3.63, 3.8) is 0 Å². The number of hydrogen-bond donors (Lipinski definition) is 3. The van der Waals surface area contributed by atoms with Gasteiger partial charge in [0, 0.05) is 19.2 Å². The topological polar surface area (TPSA) is 135 Å². The molecule has 128 valence electrons. The molecule has 0 fully saturated rings. The minimum atomic E-state index is -1.15. The Balaban J connectivity index is 2.44. The van der Waals surface area contributed by atoms with Crippen molar-refractivity contribution in [3.05, 3.63) is 34.4 Å². The molecule has 1 aliphatic rings. The highest BCUT2D eigenvalue weighted by Gasteiger charge is 2.37. The van der Waals surface area contributed by atoms with E-state index >= 15 is 0 Å². The Morgan fingerprint density at radius 1 is 1.25 bits per heavy atom. The second-order valence-corrected chi connectivity index (χ2v) is 5.30. The first-order chi connectivity index (χ1) is 11.3. The Bertz CT molecular complexity index is 716. The summed E-state index contributed by atoms with van der Waals surface area (Å²) in [5.74, 6) is -2.17. The van der Waals surface area contributed by atoms with Gasteiger partial charge < -0.3 is 20.2 Å². The summed E-state index contributed by atoms with van der Waals surface area (Å²) >= 11 is 0. The van der Waals surface area contributed by atoms with Crippen LogP contribution in [0.5, 0.6) is 0 Å². The van der Waals surface area contributed by atoms with Gasteiger partial charge in [-0.2, -0.15) is 0 Å². The highest BCUT2D eigenvalue weighted by molar-refractivity contribution is 6.22. The summed E-state index contributed by atoms with van der Waals surface area (Å²) in [6, 6.07) is 2.25. The standard InChI is InChI=1S/C15H16N2O7/c1-16(4-9(21)6-19)13(22)10-3-12-11(2-8(10)5-18)14(23)17(7-20)15(12)24/h2-3,5,9,19-21H,4,6-7H2,1H3. The van der Waals surface area contributed by atoms with Crippen LogP contribution in [0.4, 0.5) is 0 Å². The summed E-state index contributed by atoms with van der Waals surface area (Å²) in [6.45, 7) is -1.53. The van der Waals surface area contributed by atoms with Gasteiger partial charge >= 0.3 is 0 Å². The normalized spacial score (nSPS) is 14.6. The van der Waals surface area contributed by atoms with E-state index in [0.29, 0.717) is 11.2 Å². The predicted molar refractivity (Wildman–Crippen MR) is 79.5 cm³/mol. The van der Waals surface area contributed by atoms with Crippen molar-refractivity contribution in [2.45, 2.75) is 6.10 Å². The molecule has 1 aromatic rings. The fourth-order valence-corrected chi connectivity index (χ4v) is 2.43. The number of hydrogen-bond acceptors (Lipinski definition) is 7. The summed E-state index contributed by atoms with van der Waals surface area (Å²) in [5, 5.41) is 27.3. The van der Waals surface area contributed by atoms with E-state index in [9.17, 15) is 24.3 Å². The molecule has 0 saturated carbocycles. The minimum Gasteiger partial charge on any atom is -0.394 e. The Morgan fingerprint density at radius 3 is 2.33 bits per heavy atom. The van der Waals surface area contributed by atoms with E-state index in [2.05, 4.69) is 0 Å². The molecule has 0 aromatic heterocycles. The maximum Gasteiger partial charge on any atom is 0.263 e. The number of nitrogens with zero attached hydrogens (tertiary/aromatic N) is 2. The lowest BCUT2D eigenvalue weighted by Crippen LogP contribution is -2.36. The number of benzene rings is 1. The summed E-state index contributed by atoms with van der Waals surface area (Å²) < 4.78 is 0. The molecule has 0 saturated heterocycles. The molecule has 1 aromatic carbocycles. The number of carbonyl (C=O) groups is 4. The number of amides is 3. The molecule has 9 nitrogen and oxygen atoms in total. The van der Waals surface area contributed by atoms with Gasteiger partial charge in [-0.1, -0.05) is 0 Å². The fraction of sp³-hybridized carbons (Fsp3) is 0.333. The van der Waals surface area contributed by atoms with E-state index in [1.165, 1.54) is 7.05 Å². The summed E-state index contributed by atoms with van der Waals surface area (Å²) in [6.07, 6.45) is -0.774. The molecule has 0 aliphatic carbocycles. The molecule has 3 N–H and O–H groups in total. The van der Waals surface area contributed by atoms with Crippen molar-refractivity contribution < 1.29 is 34.5 Å². The van der Waals surface area contributed by atoms with Crippen LogP contribution in [-0.4, -0.2) is 82.2 Å². The zero-order chi connectivity index (χ0) is 18.0. The number of rotatable bonds is 6. The van der Waals surface area contributed by atoms with Crippen LogP contribution in [0, 0.1) is 0 Å². The Morgan fingerprint density at radius 2 is 1.83 bits per heavy atom. The smallest absolute Gasteiger partial charge is 0.263 e. The van der Waals surface area contributed by atoms with Gasteiger partial charge in [-0.3, -0.25) is 24.1 Å². The first-order valence-electron chi connectivity index (χ1n) is 7.00. The summed E-state index contributed by atoms with van der Waals surface area (Å²) in [4.78, 5) is 49.4. The number of carbonyl (C=O) groups excluding carboxylic acids is 4. The van der Waals surface area contributed by atoms with E-state index in [4.69, 9.17) is 10.2 Å². The van der Waals surface area contributed by atoms with E-state index < -0.39 is 37.2 Å². The van der Waals surface area contributed by atoms with Crippen LogP contribution in [0.25, 0.3) is 0 Å². The molecule has 1 unspecified atom stereocenters. The third-order valence-electron chi connectivity index (χ3n) is 3.68. The van der Waals surface area contributed by atoms with Crippen molar-refractivity contribution in [3.8, 4) is 0 Å². The van der Waals surface area contributed by atoms with Gasteiger partial charge in [-0.15, -0.1) is 0 Å². The Kier molecular flexibility index (Phi) is 5.07. The van der Waals surface area contributed by atoms with E-state index in [0.717, 1.165) is 17.0 Å². The molecule has 1 heterocycles. The molecule has 3 amide bonds. The van der Waals surface area contributed by atoms with E-state index in [-0.39, 0.29) is 28.8 Å². The first-order valence-corrected chi connectivity index (χ1v) is 7.00. The lowest BCUT2D eigenvalue weighted by molar-refractivity contribution is 0.0489. The van der Waals surface area contributed by atoms with Gasteiger partial charge in [0.05, 0.1) is 29.4 Å². The Labute approximate surface area is 136 Å². The number of aliphatic hydroxyl groups is 3. The molecular weight excluding hydrogens is 320 g/mol. The summed E-state index contributed by atoms with van der Waals surface area (Å²) in [7, 11) is 1.36. The van der Waals surface area contributed by atoms with Gasteiger partial charge in [0.15, 0.2) is 6.29 Å².